The van der Waals surface area contributed by atoms with Gasteiger partial charge in [0, 0.05) is 12.1 Å². The van der Waals surface area contributed by atoms with Crippen molar-refractivity contribution < 1.29 is 0 Å². The largest absolute Gasteiger partial charge is 0.308 e. The van der Waals surface area contributed by atoms with Crippen molar-refractivity contribution >= 4 is 0 Å². The van der Waals surface area contributed by atoms with E-state index < -0.39 is 0 Å². The molecular weight excluding hydrogens is 170 g/mol. The summed E-state index contributed by atoms with van der Waals surface area (Å²) in [5.41, 5.74) is 0.996. The second-order valence-electron chi connectivity index (χ2n) is 6.29. The average Bonchev–Trinajstić information content (AvgIpc) is 2.52. The highest BCUT2D eigenvalue weighted by molar-refractivity contribution is 5.13. The van der Waals surface area contributed by atoms with E-state index in [2.05, 4.69) is 32.7 Å². The zero-order valence-electron chi connectivity index (χ0n) is 9.77. The van der Waals surface area contributed by atoms with Gasteiger partial charge in [0.25, 0.3) is 0 Å². The van der Waals surface area contributed by atoms with E-state index in [0.717, 1.165) is 18.4 Å². The van der Waals surface area contributed by atoms with Crippen LogP contribution in [-0.4, -0.2) is 12.1 Å². The number of nitrogens with one attached hydrogen (secondary N) is 1. The fourth-order valence-electron chi connectivity index (χ4n) is 3.50. The zero-order chi connectivity index (χ0) is 10.4. The van der Waals surface area contributed by atoms with Crippen LogP contribution in [0.5, 0.6) is 0 Å². The Morgan fingerprint density at radius 3 is 2.43 bits per heavy atom. The molecule has 0 aliphatic heterocycles. The first kappa shape index (κ1) is 10.2. The smallest absolute Gasteiger partial charge is 0.0192 e. The van der Waals surface area contributed by atoms with Gasteiger partial charge in [-0.1, -0.05) is 26.8 Å². The van der Waals surface area contributed by atoms with Gasteiger partial charge < -0.3 is 5.32 Å². The molecule has 3 aliphatic carbocycles. The maximum atomic E-state index is 3.78. The monoisotopic (exact) mass is 193 g/mol. The lowest BCUT2D eigenvalue weighted by molar-refractivity contribution is 0.152. The highest BCUT2D eigenvalue weighted by atomic mass is 15.0. The van der Waals surface area contributed by atoms with Gasteiger partial charge in [-0.05, 0) is 36.5 Å². The number of fused-ring (bicyclic) bond motifs is 1. The van der Waals surface area contributed by atoms with Crippen LogP contribution in [0.15, 0.2) is 12.7 Å². The summed E-state index contributed by atoms with van der Waals surface area (Å²) in [5.74, 6) is 1.92. The van der Waals surface area contributed by atoms with E-state index in [4.69, 9.17) is 0 Å². The third kappa shape index (κ3) is 1.52. The van der Waals surface area contributed by atoms with Crippen LogP contribution in [0.25, 0.3) is 0 Å². The fourth-order valence-corrected chi connectivity index (χ4v) is 3.50. The third-order valence-corrected chi connectivity index (χ3v) is 4.22. The van der Waals surface area contributed by atoms with Gasteiger partial charge in [-0.25, -0.2) is 0 Å². The molecular formula is C13H23N. The maximum Gasteiger partial charge on any atom is 0.0192 e. The Labute approximate surface area is 88.0 Å². The first-order chi connectivity index (χ1) is 6.47. The summed E-state index contributed by atoms with van der Waals surface area (Å²) in [7, 11) is 0. The fraction of sp³-hybridized carbons (Fsp3) is 0.846. The van der Waals surface area contributed by atoms with Crippen LogP contribution in [0.3, 0.4) is 0 Å². The van der Waals surface area contributed by atoms with E-state index in [1.165, 1.54) is 19.3 Å². The van der Waals surface area contributed by atoms with Crippen LogP contribution >= 0.6 is 0 Å². The Balaban J connectivity index is 1.96. The lowest BCUT2D eigenvalue weighted by Crippen LogP contribution is -2.49. The molecule has 3 aliphatic rings. The molecule has 0 aromatic carbocycles. The normalized spacial score (nSPS) is 40.8. The SMILES string of the molecule is C=CCNC12CC(C1)C(C(C)(C)C)C2. The quantitative estimate of drug-likeness (QED) is 0.679. The first-order valence-electron chi connectivity index (χ1n) is 5.83. The predicted molar refractivity (Wildman–Crippen MR) is 61.2 cm³/mol. The Hall–Kier alpha value is -0.300. The van der Waals surface area contributed by atoms with Crippen LogP contribution in [0, 0.1) is 17.3 Å². The van der Waals surface area contributed by atoms with Crippen molar-refractivity contribution in [2.24, 2.45) is 17.3 Å². The summed E-state index contributed by atoms with van der Waals surface area (Å²) in [5, 5.41) is 3.66. The molecule has 1 atom stereocenters. The van der Waals surface area contributed by atoms with Crippen LogP contribution in [0.4, 0.5) is 0 Å². The summed E-state index contributed by atoms with van der Waals surface area (Å²) >= 11 is 0. The standard InChI is InChI=1S/C13H23N/c1-5-6-14-13-7-10(8-13)11(9-13)12(2,3)4/h5,10-11,14H,1,6-9H2,2-4H3. The van der Waals surface area contributed by atoms with Crippen LogP contribution in [-0.2, 0) is 0 Å². The maximum absolute atomic E-state index is 3.78. The molecule has 0 amide bonds. The molecule has 0 saturated heterocycles. The summed E-state index contributed by atoms with van der Waals surface area (Å²) in [6, 6.07) is 0. The van der Waals surface area contributed by atoms with Gasteiger partial charge in [0.1, 0.15) is 0 Å². The molecule has 1 unspecified atom stereocenters. The van der Waals surface area contributed by atoms with Crippen molar-refractivity contribution in [3.63, 3.8) is 0 Å². The zero-order valence-corrected chi connectivity index (χ0v) is 9.77. The van der Waals surface area contributed by atoms with Gasteiger partial charge in [-0.15, -0.1) is 6.58 Å². The van der Waals surface area contributed by atoms with E-state index in [9.17, 15) is 0 Å². The number of rotatable bonds is 3. The average molecular weight is 193 g/mol. The minimum absolute atomic E-state index is 0.497. The molecule has 3 fully saturated rings. The second kappa shape index (κ2) is 3.10. The Morgan fingerprint density at radius 1 is 1.36 bits per heavy atom. The Morgan fingerprint density at radius 2 is 2.00 bits per heavy atom. The molecule has 0 aromatic rings. The molecule has 3 saturated carbocycles. The molecule has 0 aromatic heterocycles. The van der Waals surface area contributed by atoms with Crippen molar-refractivity contribution in [1.82, 2.24) is 5.32 Å². The van der Waals surface area contributed by atoms with Gasteiger partial charge >= 0.3 is 0 Å². The molecule has 1 nitrogen and oxygen atoms in total. The summed E-state index contributed by atoms with van der Waals surface area (Å²) < 4.78 is 0. The highest BCUT2D eigenvalue weighted by Crippen LogP contribution is 2.60. The van der Waals surface area contributed by atoms with E-state index in [0.29, 0.717) is 11.0 Å². The molecule has 1 N–H and O–H groups in total. The molecule has 0 spiro atoms. The topological polar surface area (TPSA) is 12.0 Å². The van der Waals surface area contributed by atoms with Crippen molar-refractivity contribution in [2.45, 2.75) is 45.6 Å². The van der Waals surface area contributed by atoms with E-state index in [1.807, 2.05) is 6.08 Å². The molecule has 3 rings (SSSR count). The van der Waals surface area contributed by atoms with Crippen molar-refractivity contribution in [3.05, 3.63) is 12.7 Å². The van der Waals surface area contributed by atoms with E-state index in [1.54, 1.807) is 0 Å². The minimum Gasteiger partial charge on any atom is -0.308 e. The third-order valence-electron chi connectivity index (χ3n) is 4.22. The number of hydrogen-bond acceptors (Lipinski definition) is 1. The number of hydrogen-bond donors (Lipinski definition) is 1. The van der Waals surface area contributed by atoms with Gasteiger partial charge in [0.2, 0.25) is 0 Å². The van der Waals surface area contributed by atoms with Gasteiger partial charge in [-0.3, -0.25) is 0 Å². The molecule has 0 heterocycles. The lowest BCUT2D eigenvalue weighted by Gasteiger charge is -2.40. The summed E-state index contributed by atoms with van der Waals surface area (Å²) in [6.07, 6.45) is 6.17. The van der Waals surface area contributed by atoms with Crippen molar-refractivity contribution in [2.75, 3.05) is 6.54 Å². The Bertz CT molecular complexity index is 230. The molecule has 0 radical (unpaired) electrons. The molecule has 1 heteroatoms. The summed E-state index contributed by atoms with van der Waals surface area (Å²) in [4.78, 5) is 0. The van der Waals surface area contributed by atoms with Gasteiger partial charge in [0.05, 0.1) is 0 Å². The first-order valence-corrected chi connectivity index (χ1v) is 5.83. The minimum atomic E-state index is 0.497. The Kier molecular flexibility index (Phi) is 2.26. The second-order valence-corrected chi connectivity index (χ2v) is 6.29. The van der Waals surface area contributed by atoms with Gasteiger partial charge in [0.15, 0.2) is 0 Å². The molecule has 2 bridgehead atoms. The summed E-state index contributed by atoms with van der Waals surface area (Å²) in [6.45, 7) is 11.9. The van der Waals surface area contributed by atoms with Crippen LogP contribution < -0.4 is 5.32 Å². The highest BCUT2D eigenvalue weighted by Gasteiger charge is 2.57. The van der Waals surface area contributed by atoms with Crippen LogP contribution in [0.1, 0.15) is 40.0 Å². The van der Waals surface area contributed by atoms with Gasteiger partial charge in [-0.2, -0.15) is 0 Å². The van der Waals surface area contributed by atoms with Crippen molar-refractivity contribution in [3.8, 4) is 0 Å². The van der Waals surface area contributed by atoms with Crippen molar-refractivity contribution in [1.29, 1.82) is 0 Å². The van der Waals surface area contributed by atoms with Crippen LogP contribution in [0.2, 0.25) is 0 Å². The van der Waals surface area contributed by atoms with E-state index in [-0.39, 0.29) is 0 Å². The molecule has 14 heavy (non-hydrogen) atoms. The molecule has 80 valence electrons. The van der Waals surface area contributed by atoms with E-state index >= 15 is 0 Å². The lowest BCUT2D eigenvalue weighted by atomic mass is 9.71. The predicted octanol–water partition coefficient (Wildman–Crippen LogP) is 2.98.